The number of likely N-dealkylation sites (tertiary alicyclic amines) is 1. The Morgan fingerprint density at radius 1 is 1.38 bits per heavy atom. The number of piperidine rings is 1. The van der Waals surface area contributed by atoms with Gasteiger partial charge in [-0.1, -0.05) is 11.3 Å². The number of nitrogens with one attached hydrogen (secondary N) is 1. The summed E-state index contributed by atoms with van der Waals surface area (Å²) in [7, 11) is 0. The van der Waals surface area contributed by atoms with Crippen LogP contribution in [0.3, 0.4) is 0 Å². The van der Waals surface area contributed by atoms with Crippen molar-refractivity contribution in [1.82, 2.24) is 9.88 Å². The number of ether oxygens (including phenoxy) is 1. The smallest absolute Gasteiger partial charge is 0.310 e. The van der Waals surface area contributed by atoms with Crippen molar-refractivity contribution in [3.63, 3.8) is 0 Å². The summed E-state index contributed by atoms with van der Waals surface area (Å²) >= 11 is 1.33. The lowest BCUT2D eigenvalue weighted by atomic mass is 9.97. The van der Waals surface area contributed by atoms with Crippen LogP contribution in [0.1, 0.15) is 37.0 Å². The number of hydrogen-bond donors (Lipinski definition) is 1. The summed E-state index contributed by atoms with van der Waals surface area (Å²) in [5.74, 6) is -0.775. The molecule has 2 heterocycles. The second-order valence-corrected chi connectivity index (χ2v) is 7.26. The highest BCUT2D eigenvalue weighted by Gasteiger charge is 2.29. The Labute approximate surface area is 155 Å². The van der Waals surface area contributed by atoms with Crippen molar-refractivity contribution in [1.29, 1.82) is 0 Å². The second-order valence-electron chi connectivity index (χ2n) is 6.23. The van der Waals surface area contributed by atoms with Crippen LogP contribution in [-0.2, 0) is 14.3 Å². The summed E-state index contributed by atoms with van der Waals surface area (Å²) in [4.78, 5) is 42.0. The zero-order valence-corrected chi connectivity index (χ0v) is 15.6. The molecule has 1 saturated heterocycles. The minimum atomic E-state index is -0.258. The lowest BCUT2D eigenvalue weighted by molar-refractivity contribution is -0.149. The molecule has 2 aromatic rings. The predicted molar refractivity (Wildman–Crippen MR) is 99.2 cm³/mol. The van der Waals surface area contributed by atoms with Crippen LogP contribution in [0, 0.1) is 5.92 Å². The van der Waals surface area contributed by atoms with Gasteiger partial charge in [-0.3, -0.25) is 14.4 Å². The minimum absolute atomic E-state index is 0.102. The van der Waals surface area contributed by atoms with Gasteiger partial charge in [0.05, 0.1) is 22.7 Å². The van der Waals surface area contributed by atoms with Crippen LogP contribution in [0.5, 0.6) is 0 Å². The van der Waals surface area contributed by atoms with Gasteiger partial charge in [0, 0.05) is 25.6 Å². The number of esters is 1. The predicted octanol–water partition coefficient (Wildman–Crippen LogP) is 2.67. The Bertz CT molecular complexity index is 848. The largest absolute Gasteiger partial charge is 0.466 e. The standard InChI is InChI=1S/C18H21N3O4S/c1-3-25-17(24)13-5-4-8-21(10-13)16(23)12-6-7-14-15(9-12)26-18(20-14)19-11(2)22/h6-7,9,13H,3-5,8,10H2,1-2H3,(H,19,20,22). The first kappa shape index (κ1) is 18.3. The first-order chi connectivity index (χ1) is 12.5. The minimum Gasteiger partial charge on any atom is -0.466 e. The van der Waals surface area contributed by atoms with E-state index in [0.29, 0.717) is 30.4 Å². The van der Waals surface area contributed by atoms with Crippen LogP contribution in [-0.4, -0.2) is 47.4 Å². The maximum absolute atomic E-state index is 12.8. The first-order valence-electron chi connectivity index (χ1n) is 8.62. The molecule has 0 spiro atoms. The third-order valence-electron chi connectivity index (χ3n) is 4.25. The summed E-state index contributed by atoms with van der Waals surface area (Å²) in [5.41, 5.74) is 1.29. The molecule has 0 bridgehead atoms. The highest BCUT2D eigenvalue weighted by Crippen LogP contribution is 2.28. The van der Waals surface area contributed by atoms with Crippen LogP contribution in [0.4, 0.5) is 5.13 Å². The zero-order chi connectivity index (χ0) is 18.7. The molecule has 1 atom stereocenters. The van der Waals surface area contributed by atoms with Crippen LogP contribution in [0.2, 0.25) is 0 Å². The van der Waals surface area contributed by atoms with E-state index in [0.717, 1.165) is 23.1 Å². The molecule has 0 aliphatic carbocycles. The number of hydrogen-bond acceptors (Lipinski definition) is 6. The van der Waals surface area contributed by atoms with E-state index in [9.17, 15) is 14.4 Å². The monoisotopic (exact) mass is 375 g/mol. The van der Waals surface area contributed by atoms with Crippen LogP contribution >= 0.6 is 11.3 Å². The molecule has 1 fully saturated rings. The fraction of sp³-hybridized carbons (Fsp3) is 0.444. The van der Waals surface area contributed by atoms with E-state index in [2.05, 4.69) is 10.3 Å². The molecule has 1 aromatic carbocycles. The lowest BCUT2D eigenvalue weighted by Gasteiger charge is -2.31. The van der Waals surface area contributed by atoms with Gasteiger partial charge in [-0.15, -0.1) is 0 Å². The van der Waals surface area contributed by atoms with E-state index in [1.54, 1.807) is 30.0 Å². The molecule has 1 aromatic heterocycles. The highest BCUT2D eigenvalue weighted by molar-refractivity contribution is 7.22. The third kappa shape index (κ3) is 4.01. The van der Waals surface area contributed by atoms with Crippen LogP contribution in [0.15, 0.2) is 18.2 Å². The Kier molecular flexibility index (Phi) is 5.51. The molecule has 1 aliphatic rings. The van der Waals surface area contributed by atoms with E-state index in [-0.39, 0.29) is 23.7 Å². The van der Waals surface area contributed by atoms with Crippen molar-refractivity contribution < 1.29 is 19.1 Å². The van der Waals surface area contributed by atoms with Crippen molar-refractivity contribution in [2.24, 2.45) is 5.92 Å². The Morgan fingerprint density at radius 2 is 2.19 bits per heavy atom. The SMILES string of the molecule is CCOC(=O)C1CCCN(C(=O)c2ccc3nc(NC(C)=O)sc3c2)C1. The third-order valence-corrected chi connectivity index (χ3v) is 5.18. The van der Waals surface area contributed by atoms with E-state index in [1.807, 2.05) is 0 Å². The van der Waals surface area contributed by atoms with Gasteiger partial charge in [-0.05, 0) is 38.0 Å². The van der Waals surface area contributed by atoms with E-state index in [4.69, 9.17) is 4.74 Å². The van der Waals surface area contributed by atoms with Gasteiger partial charge in [0.15, 0.2) is 5.13 Å². The molecule has 1 aliphatic heterocycles. The molecule has 0 saturated carbocycles. The molecule has 8 heteroatoms. The quantitative estimate of drug-likeness (QED) is 0.830. The molecular formula is C18H21N3O4S. The summed E-state index contributed by atoms with van der Waals surface area (Å²) < 4.78 is 5.92. The molecular weight excluding hydrogens is 354 g/mol. The van der Waals surface area contributed by atoms with Crippen molar-refractivity contribution in [2.45, 2.75) is 26.7 Å². The maximum Gasteiger partial charge on any atom is 0.310 e. The fourth-order valence-electron chi connectivity index (χ4n) is 3.06. The number of amides is 2. The number of carbonyl (C=O) groups is 3. The second kappa shape index (κ2) is 7.82. The van der Waals surface area contributed by atoms with Crippen molar-refractivity contribution >= 4 is 44.5 Å². The number of rotatable bonds is 4. The molecule has 0 radical (unpaired) electrons. The Hall–Kier alpha value is -2.48. The van der Waals surface area contributed by atoms with E-state index < -0.39 is 0 Å². The Morgan fingerprint density at radius 3 is 2.92 bits per heavy atom. The van der Waals surface area contributed by atoms with Crippen molar-refractivity contribution in [2.75, 3.05) is 25.0 Å². The molecule has 26 heavy (non-hydrogen) atoms. The molecule has 1 unspecified atom stereocenters. The number of nitrogens with zero attached hydrogens (tertiary/aromatic N) is 2. The zero-order valence-electron chi connectivity index (χ0n) is 14.8. The maximum atomic E-state index is 12.8. The number of thiazole rings is 1. The van der Waals surface area contributed by atoms with Gasteiger partial charge in [-0.2, -0.15) is 0 Å². The summed E-state index contributed by atoms with van der Waals surface area (Å²) in [6.07, 6.45) is 1.53. The molecule has 3 rings (SSSR count). The van der Waals surface area contributed by atoms with Crippen molar-refractivity contribution in [3.8, 4) is 0 Å². The molecule has 7 nitrogen and oxygen atoms in total. The summed E-state index contributed by atoms with van der Waals surface area (Å²) in [5, 5.41) is 3.17. The first-order valence-corrected chi connectivity index (χ1v) is 9.43. The summed E-state index contributed by atoms with van der Waals surface area (Å²) in [6, 6.07) is 5.29. The van der Waals surface area contributed by atoms with Gasteiger partial charge in [-0.25, -0.2) is 4.98 Å². The van der Waals surface area contributed by atoms with E-state index in [1.165, 1.54) is 18.3 Å². The molecule has 138 valence electrons. The number of benzene rings is 1. The van der Waals surface area contributed by atoms with Gasteiger partial charge >= 0.3 is 5.97 Å². The van der Waals surface area contributed by atoms with Gasteiger partial charge in [0.1, 0.15) is 0 Å². The number of fused-ring (bicyclic) bond motifs is 1. The normalized spacial score (nSPS) is 17.2. The van der Waals surface area contributed by atoms with Gasteiger partial charge in [0.2, 0.25) is 5.91 Å². The molecule has 1 N–H and O–H groups in total. The number of aromatic nitrogens is 1. The highest BCUT2D eigenvalue weighted by atomic mass is 32.1. The van der Waals surface area contributed by atoms with Gasteiger partial charge in [0.25, 0.3) is 5.91 Å². The van der Waals surface area contributed by atoms with Crippen LogP contribution < -0.4 is 5.32 Å². The number of anilines is 1. The van der Waals surface area contributed by atoms with Gasteiger partial charge < -0.3 is 15.0 Å². The summed E-state index contributed by atoms with van der Waals surface area (Å²) in [6.45, 7) is 4.57. The topological polar surface area (TPSA) is 88.6 Å². The Balaban J connectivity index is 1.76. The lowest BCUT2D eigenvalue weighted by Crippen LogP contribution is -2.42. The fourth-order valence-corrected chi connectivity index (χ4v) is 4.01. The number of carbonyl (C=O) groups excluding carboxylic acids is 3. The van der Waals surface area contributed by atoms with Crippen LogP contribution in [0.25, 0.3) is 10.2 Å². The average molecular weight is 375 g/mol. The average Bonchev–Trinajstić information content (AvgIpc) is 3.01. The van der Waals surface area contributed by atoms with E-state index >= 15 is 0 Å². The van der Waals surface area contributed by atoms with Crippen molar-refractivity contribution in [3.05, 3.63) is 23.8 Å². The molecule has 2 amide bonds.